The predicted molar refractivity (Wildman–Crippen MR) is 146 cm³/mol. The molecule has 0 unspecified atom stereocenters. The topological polar surface area (TPSA) is 112 Å². The lowest BCUT2D eigenvalue weighted by atomic mass is 10.0. The number of carbonyl (C=O) groups is 1. The molecule has 188 valence electrons. The van der Waals surface area contributed by atoms with E-state index in [9.17, 15) is 9.18 Å². The summed E-state index contributed by atoms with van der Waals surface area (Å²) in [4.78, 5) is 29.1. The molecule has 0 saturated carbocycles. The highest BCUT2D eigenvalue weighted by molar-refractivity contribution is 6.00. The van der Waals surface area contributed by atoms with E-state index in [-0.39, 0.29) is 17.6 Å². The quantitative estimate of drug-likeness (QED) is 0.244. The highest BCUT2D eigenvalue weighted by Gasteiger charge is 2.16. The Balaban J connectivity index is 1.38. The number of aromatic nitrogens is 6. The molecule has 1 amide bonds. The lowest BCUT2D eigenvalue weighted by Gasteiger charge is -2.08. The van der Waals surface area contributed by atoms with Gasteiger partial charge in [0.1, 0.15) is 17.0 Å². The number of anilines is 1. The van der Waals surface area contributed by atoms with Crippen LogP contribution >= 0.6 is 0 Å². The van der Waals surface area contributed by atoms with Gasteiger partial charge in [0.15, 0.2) is 0 Å². The number of pyridine rings is 3. The van der Waals surface area contributed by atoms with Crippen LogP contribution in [-0.2, 0) is 4.79 Å². The maximum atomic E-state index is 13.9. The summed E-state index contributed by atoms with van der Waals surface area (Å²) in [6.07, 6.45) is 7.24. The second-order valence-electron chi connectivity index (χ2n) is 9.61. The van der Waals surface area contributed by atoms with Crippen molar-refractivity contribution in [2.75, 3.05) is 5.32 Å². The summed E-state index contributed by atoms with van der Waals surface area (Å²) in [6, 6.07) is 14.1. The molecule has 9 heteroatoms. The van der Waals surface area contributed by atoms with E-state index in [2.05, 4.69) is 30.5 Å². The molecule has 0 atom stereocenters. The van der Waals surface area contributed by atoms with Gasteiger partial charge in [0.25, 0.3) is 0 Å². The summed E-state index contributed by atoms with van der Waals surface area (Å²) in [6.45, 7) is 4.00. The van der Waals surface area contributed by atoms with Crippen LogP contribution in [0.3, 0.4) is 0 Å². The van der Waals surface area contributed by atoms with Gasteiger partial charge in [-0.25, -0.2) is 9.37 Å². The van der Waals surface area contributed by atoms with Crippen LogP contribution in [0.5, 0.6) is 0 Å². The molecular weight excluding hydrogens is 481 g/mol. The minimum Gasteiger partial charge on any atom is -0.352 e. The standard InChI is InChI=1S/C29H24FN7O/c1-16(2)8-27(38)33-20-10-18(12-31-13-20)23-6-7-24-28(35-23)29(37-36-24)25-11-21-22(14-32-15-26(21)34-25)17-4-3-5-19(30)9-17/h3-7,9-16,34H,8H2,1-2H3,(H,33,38)(H,36,37). The van der Waals surface area contributed by atoms with Crippen LogP contribution in [0.25, 0.3) is 55.7 Å². The average Bonchev–Trinajstić information content (AvgIpc) is 3.52. The summed E-state index contributed by atoms with van der Waals surface area (Å²) in [5.74, 6) is -0.0891. The molecule has 38 heavy (non-hydrogen) atoms. The Hall–Kier alpha value is -4.92. The molecule has 1 aromatic carbocycles. The van der Waals surface area contributed by atoms with E-state index < -0.39 is 0 Å². The van der Waals surface area contributed by atoms with Gasteiger partial charge in [-0.3, -0.25) is 19.9 Å². The first-order valence-corrected chi connectivity index (χ1v) is 12.3. The van der Waals surface area contributed by atoms with Gasteiger partial charge in [0.2, 0.25) is 5.91 Å². The Bertz CT molecular complexity index is 1800. The number of amides is 1. The van der Waals surface area contributed by atoms with Crippen molar-refractivity contribution < 1.29 is 9.18 Å². The number of carbonyl (C=O) groups excluding carboxylic acids is 1. The van der Waals surface area contributed by atoms with Gasteiger partial charge in [0, 0.05) is 35.3 Å². The predicted octanol–water partition coefficient (Wildman–Crippen LogP) is 6.35. The summed E-state index contributed by atoms with van der Waals surface area (Å²) >= 11 is 0. The van der Waals surface area contributed by atoms with Crippen molar-refractivity contribution in [3.05, 3.63) is 79.1 Å². The summed E-state index contributed by atoms with van der Waals surface area (Å²) < 4.78 is 13.9. The van der Waals surface area contributed by atoms with Gasteiger partial charge in [-0.05, 0) is 47.9 Å². The number of fused-ring (bicyclic) bond motifs is 2. The maximum Gasteiger partial charge on any atom is 0.224 e. The van der Waals surface area contributed by atoms with Crippen LogP contribution in [0.2, 0.25) is 0 Å². The van der Waals surface area contributed by atoms with Crippen molar-refractivity contribution in [2.24, 2.45) is 5.92 Å². The highest BCUT2D eigenvalue weighted by atomic mass is 19.1. The van der Waals surface area contributed by atoms with E-state index >= 15 is 0 Å². The van der Waals surface area contributed by atoms with Gasteiger partial charge in [-0.1, -0.05) is 26.0 Å². The number of hydrogen-bond donors (Lipinski definition) is 3. The van der Waals surface area contributed by atoms with Crippen molar-refractivity contribution in [2.45, 2.75) is 20.3 Å². The van der Waals surface area contributed by atoms with Crippen molar-refractivity contribution >= 4 is 33.5 Å². The molecule has 6 rings (SSSR count). The molecule has 0 saturated heterocycles. The number of aromatic amines is 2. The molecule has 6 aromatic rings. The van der Waals surface area contributed by atoms with Crippen molar-refractivity contribution in [1.29, 1.82) is 0 Å². The van der Waals surface area contributed by atoms with Gasteiger partial charge >= 0.3 is 0 Å². The monoisotopic (exact) mass is 505 g/mol. The molecule has 0 spiro atoms. The zero-order chi connectivity index (χ0) is 26.2. The van der Waals surface area contributed by atoms with E-state index in [1.54, 1.807) is 30.9 Å². The van der Waals surface area contributed by atoms with E-state index in [0.717, 1.165) is 38.8 Å². The molecule has 5 heterocycles. The lowest BCUT2D eigenvalue weighted by molar-refractivity contribution is -0.116. The summed E-state index contributed by atoms with van der Waals surface area (Å²) in [5.41, 5.74) is 7.34. The van der Waals surface area contributed by atoms with E-state index in [1.807, 2.05) is 44.2 Å². The first kappa shape index (κ1) is 23.5. The van der Waals surface area contributed by atoms with Crippen molar-refractivity contribution in [3.8, 4) is 33.8 Å². The zero-order valence-electron chi connectivity index (χ0n) is 20.8. The summed E-state index contributed by atoms with van der Waals surface area (Å²) in [5, 5.41) is 11.4. The van der Waals surface area contributed by atoms with E-state index in [4.69, 9.17) is 4.98 Å². The molecule has 0 fully saturated rings. The molecule has 0 bridgehead atoms. The van der Waals surface area contributed by atoms with Gasteiger partial charge < -0.3 is 10.3 Å². The minimum absolute atomic E-state index is 0.0506. The zero-order valence-corrected chi connectivity index (χ0v) is 20.8. The van der Waals surface area contributed by atoms with Crippen LogP contribution < -0.4 is 5.32 Å². The van der Waals surface area contributed by atoms with Crippen LogP contribution in [0.15, 0.2) is 73.3 Å². The molecule has 0 radical (unpaired) electrons. The van der Waals surface area contributed by atoms with Crippen molar-refractivity contribution in [3.63, 3.8) is 0 Å². The average molecular weight is 506 g/mol. The largest absolute Gasteiger partial charge is 0.352 e. The SMILES string of the molecule is CC(C)CC(=O)Nc1cncc(-c2ccc3[nH]nc(-c4cc5c(-c6cccc(F)c6)cncc5[nH]4)c3n2)c1. The Kier molecular flexibility index (Phi) is 5.88. The fourth-order valence-corrected chi connectivity index (χ4v) is 4.54. The van der Waals surface area contributed by atoms with Crippen LogP contribution in [0.4, 0.5) is 10.1 Å². The Morgan fingerprint density at radius 2 is 1.84 bits per heavy atom. The number of nitrogens with zero attached hydrogens (tertiary/aromatic N) is 4. The van der Waals surface area contributed by atoms with Crippen molar-refractivity contribution in [1.82, 2.24) is 30.1 Å². The minimum atomic E-state index is -0.302. The van der Waals surface area contributed by atoms with Crippen LogP contribution in [-0.4, -0.2) is 36.0 Å². The van der Waals surface area contributed by atoms with Gasteiger partial charge in [-0.2, -0.15) is 5.10 Å². The highest BCUT2D eigenvalue weighted by Crippen LogP contribution is 2.34. The number of nitrogens with one attached hydrogen (secondary N) is 3. The van der Waals surface area contributed by atoms with Crippen LogP contribution in [0, 0.1) is 11.7 Å². The maximum absolute atomic E-state index is 13.9. The molecule has 8 nitrogen and oxygen atoms in total. The Labute approximate surface area is 217 Å². The lowest BCUT2D eigenvalue weighted by Crippen LogP contribution is -2.13. The first-order valence-electron chi connectivity index (χ1n) is 12.3. The molecule has 3 N–H and O–H groups in total. The first-order chi connectivity index (χ1) is 18.4. The van der Waals surface area contributed by atoms with Crippen LogP contribution in [0.1, 0.15) is 20.3 Å². The van der Waals surface area contributed by atoms with E-state index in [0.29, 0.717) is 29.0 Å². The molecule has 0 aliphatic carbocycles. The number of halogens is 1. The van der Waals surface area contributed by atoms with Gasteiger partial charge in [0.05, 0.1) is 40.5 Å². The molecule has 0 aliphatic heterocycles. The number of benzene rings is 1. The Morgan fingerprint density at radius 3 is 2.68 bits per heavy atom. The fraction of sp³-hybridized carbons (Fsp3) is 0.138. The van der Waals surface area contributed by atoms with E-state index in [1.165, 1.54) is 12.1 Å². The fourth-order valence-electron chi connectivity index (χ4n) is 4.54. The molecule has 5 aromatic heterocycles. The summed E-state index contributed by atoms with van der Waals surface area (Å²) in [7, 11) is 0. The molecule has 0 aliphatic rings. The second kappa shape index (κ2) is 9.51. The van der Waals surface area contributed by atoms with Gasteiger partial charge in [-0.15, -0.1) is 0 Å². The smallest absolute Gasteiger partial charge is 0.224 e. The third kappa shape index (κ3) is 4.50. The normalized spacial score (nSPS) is 11.5. The number of rotatable bonds is 6. The molecular formula is C29H24FN7O. The second-order valence-corrected chi connectivity index (χ2v) is 9.61. The third-order valence-corrected chi connectivity index (χ3v) is 6.26. The number of H-pyrrole nitrogens is 2. The number of hydrogen-bond acceptors (Lipinski definition) is 5. The third-order valence-electron chi connectivity index (χ3n) is 6.26. The Morgan fingerprint density at radius 1 is 0.974 bits per heavy atom.